The Bertz CT molecular complexity index is 684. The molecule has 6 heteroatoms. The fourth-order valence-corrected chi connectivity index (χ4v) is 3.88. The highest BCUT2D eigenvalue weighted by atomic mass is 32.2. The average Bonchev–Trinajstić information content (AvgIpc) is 2.94. The number of aromatic nitrogens is 3. The van der Waals surface area contributed by atoms with Crippen molar-refractivity contribution in [3.05, 3.63) is 45.5 Å². The van der Waals surface area contributed by atoms with Gasteiger partial charge >= 0.3 is 0 Å². The Labute approximate surface area is 125 Å². The van der Waals surface area contributed by atoms with Crippen LogP contribution in [0.2, 0.25) is 0 Å². The fourth-order valence-electron chi connectivity index (χ4n) is 2.35. The standard InChI is InChI=1S/C14H15N3OS2/c1-19-13-9(4-3-7-15-13)8-20-14-16-11-6-2-5-10(11)12(18)17-14/h3-4,7H,2,5-6,8H2,1H3,(H,16,17,18). The molecule has 104 valence electrons. The van der Waals surface area contributed by atoms with Crippen molar-refractivity contribution in [2.45, 2.75) is 35.2 Å². The highest BCUT2D eigenvalue weighted by Crippen LogP contribution is 2.26. The molecule has 0 radical (unpaired) electrons. The molecule has 0 saturated heterocycles. The molecule has 0 saturated carbocycles. The first kappa shape index (κ1) is 13.7. The number of thioether (sulfide) groups is 2. The van der Waals surface area contributed by atoms with Crippen molar-refractivity contribution in [1.82, 2.24) is 15.0 Å². The van der Waals surface area contributed by atoms with Gasteiger partial charge in [-0.05, 0) is 37.1 Å². The molecule has 3 rings (SSSR count). The van der Waals surface area contributed by atoms with E-state index in [0.29, 0.717) is 5.16 Å². The predicted octanol–water partition coefficient (Wildman–Crippen LogP) is 2.67. The molecule has 0 atom stereocenters. The Morgan fingerprint density at radius 2 is 2.30 bits per heavy atom. The van der Waals surface area contributed by atoms with Crippen LogP contribution in [-0.4, -0.2) is 21.2 Å². The van der Waals surface area contributed by atoms with Crippen LogP contribution >= 0.6 is 23.5 Å². The Morgan fingerprint density at radius 1 is 1.40 bits per heavy atom. The number of nitrogens with zero attached hydrogens (tertiary/aromatic N) is 2. The van der Waals surface area contributed by atoms with Crippen molar-refractivity contribution >= 4 is 23.5 Å². The third-order valence-corrected chi connectivity index (χ3v) is 5.00. The molecule has 2 aromatic heterocycles. The molecule has 1 N–H and O–H groups in total. The van der Waals surface area contributed by atoms with Gasteiger partial charge in [-0.2, -0.15) is 0 Å². The van der Waals surface area contributed by atoms with E-state index in [4.69, 9.17) is 0 Å². The molecule has 0 amide bonds. The lowest BCUT2D eigenvalue weighted by atomic mass is 10.3. The van der Waals surface area contributed by atoms with Gasteiger partial charge in [-0.3, -0.25) is 4.79 Å². The lowest BCUT2D eigenvalue weighted by molar-refractivity contribution is 0.869. The maximum atomic E-state index is 11.9. The minimum Gasteiger partial charge on any atom is -0.301 e. The summed E-state index contributed by atoms with van der Waals surface area (Å²) in [4.78, 5) is 23.7. The minimum atomic E-state index is 0.0336. The van der Waals surface area contributed by atoms with Gasteiger partial charge in [0.2, 0.25) is 0 Å². The van der Waals surface area contributed by atoms with Gasteiger partial charge in [0.25, 0.3) is 5.56 Å². The summed E-state index contributed by atoms with van der Waals surface area (Å²) in [5.74, 6) is 0.770. The fraction of sp³-hybridized carbons (Fsp3) is 0.357. The zero-order chi connectivity index (χ0) is 13.9. The summed E-state index contributed by atoms with van der Waals surface area (Å²) in [5.41, 5.74) is 3.06. The first-order valence-electron chi connectivity index (χ1n) is 6.50. The third-order valence-electron chi connectivity index (χ3n) is 3.33. The topological polar surface area (TPSA) is 58.6 Å². The molecule has 0 fully saturated rings. The SMILES string of the molecule is CSc1ncccc1CSc1nc2c(c(=O)[nH]1)CCC2. The van der Waals surface area contributed by atoms with Gasteiger partial charge < -0.3 is 4.98 Å². The van der Waals surface area contributed by atoms with Gasteiger partial charge in [0, 0.05) is 17.5 Å². The van der Waals surface area contributed by atoms with Gasteiger partial charge in [-0.1, -0.05) is 17.8 Å². The third kappa shape index (κ3) is 2.76. The van der Waals surface area contributed by atoms with Crippen molar-refractivity contribution in [2.24, 2.45) is 0 Å². The Kier molecular flexibility index (Phi) is 4.12. The second kappa shape index (κ2) is 6.01. The van der Waals surface area contributed by atoms with Crippen LogP contribution in [0, 0.1) is 0 Å². The van der Waals surface area contributed by atoms with E-state index in [-0.39, 0.29) is 5.56 Å². The maximum absolute atomic E-state index is 11.9. The summed E-state index contributed by atoms with van der Waals surface area (Å²) in [6.07, 6.45) is 6.65. The Hall–Kier alpha value is -1.27. The van der Waals surface area contributed by atoms with Gasteiger partial charge in [0.1, 0.15) is 0 Å². The van der Waals surface area contributed by atoms with Crippen LogP contribution in [0.3, 0.4) is 0 Å². The monoisotopic (exact) mass is 305 g/mol. The van der Waals surface area contributed by atoms with E-state index in [0.717, 1.165) is 41.3 Å². The van der Waals surface area contributed by atoms with Crippen LogP contribution < -0.4 is 5.56 Å². The number of H-pyrrole nitrogens is 1. The van der Waals surface area contributed by atoms with Crippen molar-refractivity contribution < 1.29 is 0 Å². The highest BCUT2D eigenvalue weighted by molar-refractivity contribution is 7.99. The van der Waals surface area contributed by atoms with E-state index < -0.39 is 0 Å². The first-order chi connectivity index (χ1) is 9.78. The van der Waals surface area contributed by atoms with Crippen LogP contribution in [0.25, 0.3) is 0 Å². The van der Waals surface area contributed by atoms with Crippen molar-refractivity contribution in [2.75, 3.05) is 6.26 Å². The second-order valence-corrected chi connectivity index (χ2v) is 6.37. The van der Waals surface area contributed by atoms with Crippen molar-refractivity contribution in [1.29, 1.82) is 0 Å². The number of aryl methyl sites for hydroxylation is 1. The van der Waals surface area contributed by atoms with Gasteiger partial charge in [0.05, 0.1) is 10.7 Å². The molecule has 2 heterocycles. The molecule has 0 unspecified atom stereocenters. The summed E-state index contributed by atoms with van der Waals surface area (Å²) in [5, 5.41) is 1.75. The number of aromatic amines is 1. The molecule has 1 aliphatic rings. The van der Waals surface area contributed by atoms with Crippen molar-refractivity contribution in [3.8, 4) is 0 Å². The Balaban J connectivity index is 1.79. The summed E-state index contributed by atoms with van der Waals surface area (Å²) in [7, 11) is 0. The van der Waals surface area contributed by atoms with E-state index in [1.165, 1.54) is 5.56 Å². The summed E-state index contributed by atoms with van der Waals surface area (Å²) in [6, 6.07) is 4.01. The van der Waals surface area contributed by atoms with Crippen LogP contribution in [0.5, 0.6) is 0 Å². The van der Waals surface area contributed by atoms with Gasteiger partial charge in [0.15, 0.2) is 5.16 Å². The molecule has 0 aromatic carbocycles. The number of nitrogens with one attached hydrogen (secondary N) is 1. The molecule has 20 heavy (non-hydrogen) atoms. The molecule has 4 nitrogen and oxygen atoms in total. The van der Waals surface area contributed by atoms with Gasteiger partial charge in [-0.15, -0.1) is 11.8 Å². The highest BCUT2D eigenvalue weighted by Gasteiger charge is 2.17. The lowest BCUT2D eigenvalue weighted by Gasteiger charge is -2.06. The van der Waals surface area contributed by atoms with E-state index in [1.54, 1.807) is 29.7 Å². The van der Waals surface area contributed by atoms with E-state index >= 15 is 0 Å². The number of rotatable bonds is 4. The van der Waals surface area contributed by atoms with E-state index in [1.807, 2.05) is 12.3 Å². The average molecular weight is 305 g/mol. The molecule has 0 spiro atoms. The number of hydrogen-bond acceptors (Lipinski definition) is 5. The zero-order valence-corrected chi connectivity index (χ0v) is 12.8. The lowest BCUT2D eigenvalue weighted by Crippen LogP contribution is -2.14. The predicted molar refractivity (Wildman–Crippen MR) is 82.5 cm³/mol. The summed E-state index contributed by atoms with van der Waals surface area (Å²) < 4.78 is 0. The molecular formula is C14H15N3OS2. The molecular weight excluding hydrogens is 290 g/mol. The first-order valence-corrected chi connectivity index (χ1v) is 8.71. The molecule has 0 bridgehead atoms. The smallest absolute Gasteiger partial charge is 0.254 e. The maximum Gasteiger partial charge on any atom is 0.254 e. The van der Waals surface area contributed by atoms with Crippen LogP contribution in [-0.2, 0) is 18.6 Å². The van der Waals surface area contributed by atoms with Crippen LogP contribution in [0.15, 0.2) is 33.3 Å². The van der Waals surface area contributed by atoms with Gasteiger partial charge in [-0.25, -0.2) is 9.97 Å². The molecule has 2 aromatic rings. The van der Waals surface area contributed by atoms with Crippen LogP contribution in [0.4, 0.5) is 0 Å². The summed E-state index contributed by atoms with van der Waals surface area (Å²) >= 11 is 3.20. The molecule has 0 aliphatic heterocycles. The van der Waals surface area contributed by atoms with Crippen LogP contribution in [0.1, 0.15) is 23.2 Å². The number of fused-ring (bicyclic) bond motifs is 1. The summed E-state index contributed by atoms with van der Waals surface area (Å²) in [6.45, 7) is 0. The quantitative estimate of drug-likeness (QED) is 0.695. The number of pyridine rings is 1. The normalized spacial score (nSPS) is 13.4. The minimum absolute atomic E-state index is 0.0336. The molecule has 1 aliphatic carbocycles. The second-order valence-electron chi connectivity index (χ2n) is 4.61. The van der Waals surface area contributed by atoms with Crippen molar-refractivity contribution in [3.63, 3.8) is 0 Å². The zero-order valence-electron chi connectivity index (χ0n) is 11.2. The van der Waals surface area contributed by atoms with E-state index in [2.05, 4.69) is 21.0 Å². The largest absolute Gasteiger partial charge is 0.301 e. The van der Waals surface area contributed by atoms with E-state index in [9.17, 15) is 4.79 Å². The number of hydrogen-bond donors (Lipinski definition) is 1. The Morgan fingerprint density at radius 3 is 3.15 bits per heavy atom.